The number of hydrogen-bond donors (Lipinski definition) is 1. The second-order valence-corrected chi connectivity index (χ2v) is 4.50. The van der Waals surface area contributed by atoms with E-state index in [0.717, 1.165) is 25.4 Å². The first-order valence-corrected chi connectivity index (χ1v) is 6.31. The Balaban J connectivity index is 2.34. The predicted molar refractivity (Wildman–Crippen MR) is 70.8 cm³/mol. The van der Waals surface area contributed by atoms with Crippen LogP contribution in [0.1, 0.15) is 42.4 Å². The highest BCUT2D eigenvalue weighted by Gasteiger charge is 2.18. The minimum Gasteiger partial charge on any atom is -0.317 e. The quantitative estimate of drug-likeness (QED) is 0.815. The highest BCUT2D eigenvalue weighted by molar-refractivity contribution is 5.55. The van der Waals surface area contributed by atoms with E-state index in [1.54, 1.807) is 5.56 Å². The largest absolute Gasteiger partial charge is 0.317 e. The predicted octanol–water partition coefficient (Wildman–Crippen LogP) is 3.36. The summed E-state index contributed by atoms with van der Waals surface area (Å²) in [6.45, 7) is 8.47. The zero-order chi connectivity index (χ0) is 11.4. The lowest BCUT2D eigenvalue weighted by Crippen LogP contribution is -2.27. The van der Waals surface area contributed by atoms with Crippen LogP contribution < -0.4 is 5.32 Å². The van der Waals surface area contributed by atoms with Gasteiger partial charge < -0.3 is 5.32 Å². The molecule has 1 heteroatoms. The Morgan fingerprint density at radius 2 is 2.12 bits per heavy atom. The van der Waals surface area contributed by atoms with Gasteiger partial charge in [0.15, 0.2) is 0 Å². The molecule has 0 bridgehead atoms. The van der Waals surface area contributed by atoms with Crippen molar-refractivity contribution in [1.29, 1.82) is 0 Å². The molecule has 1 fully saturated rings. The molecule has 0 spiro atoms. The van der Waals surface area contributed by atoms with Gasteiger partial charge in [-0.05, 0) is 55.0 Å². The van der Waals surface area contributed by atoms with Crippen molar-refractivity contribution in [2.45, 2.75) is 32.1 Å². The summed E-state index contributed by atoms with van der Waals surface area (Å²) in [4.78, 5) is 0. The van der Waals surface area contributed by atoms with Crippen molar-refractivity contribution >= 4 is 6.08 Å². The molecule has 0 aliphatic carbocycles. The summed E-state index contributed by atoms with van der Waals surface area (Å²) in [5.41, 5.74) is 4.38. The van der Waals surface area contributed by atoms with Crippen LogP contribution in [0.4, 0.5) is 0 Å². The normalized spacial score (nSPS) is 17.3. The summed E-state index contributed by atoms with van der Waals surface area (Å²) in [5, 5.41) is 3.43. The Morgan fingerprint density at radius 1 is 1.38 bits per heavy atom. The molecule has 1 saturated heterocycles. The van der Waals surface area contributed by atoms with Crippen molar-refractivity contribution in [2.24, 2.45) is 0 Å². The monoisotopic (exact) mass is 215 g/mol. The van der Waals surface area contributed by atoms with Crippen molar-refractivity contribution in [3.63, 3.8) is 0 Å². The van der Waals surface area contributed by atoms with Gasteiger partial charge in [0.2, 0.25) is 0 Å². The second-order valence-electron chi connectivity index (χ2n) is 4.50. The fraction of sp³-hybridized carbons (Fsp3) is 0.467. The first-order chi connectivity index (χ1) is 7.86. The van der Waals surface area contributed by atoms with Crippen molar-refractivity contribution in [3.05, 3.63) is 41.5 Å². The van der Waals surface area contributed by atoms with E-state index in [1.807, 2.05) is 6.08 Å². The molecule has 0 amide bonds. The molecule has 1 aromatic carbocycles. The Labute approximate surface area is 98.6 Å². The van der Waals surface area contributed by atoms with Crippen LogP contribution in [0.2, 0.25) is 0 Å². The van der Waals surface area contributed by atoms with Gasteiger partial charge in [-0.15, -0.1) is 0 Å². The van der Waals surface area contributed by atoms with Crippen molar-refractivity contribution in [2.75, 3.05) is 13.1 Å². The van der Waals surface area contributed by atoms with Gasteiger partial charge in [-0.25, -0.2) is 0 Å². The molecule has 1 aromatic rings. The second kappa shape index (κ2) is 5.31. The van der Waals surface area contributed by atoms with Crippen molar-refractivity contribution in [1.82, 2.24) is 5.32 Å². The number of rotatable bonds is 3. The average molecular weight is 215 g/mol. The topological polar surface area (TPSA) is 12.0 Å². The van der Waals surface area contributed by atoms with E-state index < -0.39 is 0 Å². The Bertz CT molecular complexity index is 362. The minimum absolute atomic E-state index is 0.746. The lowest BCUT2D eigenvalue weighted by molar-refractivity contribution is 0.458. The first kappa shape index (κ1) is 11.4. The summed E-state index contributed by atoms with van der Waals surface area (Å²) < 4.78 is 0. The standard InChI is InChI=1S/C15H21N/c1-3-12-6-5-7-15(14(12)4-2)13-8-10-16-11-9-13/h3,5-7,13,16H,1,4,8-11H2,2H3. The van der Waals surface area contributed by atoms with Gasteiger partial charge in [-0.1, -0.05) is 37.8 Å². The smallest absolute Gasteiger partial charge is 0.00431 e. The van der Waals surface area contributed by atoms with Gasteiger partial charge in [-0.2, -0.15) is 0 Å². The molecular weight excluding hydrogens is 194 g/mol. The van der Waals surface area contributed by atoms with Crippen LogP contribution in [-0.4, -0.2) is 13.1 Å². The molecule has 1 aliphatic rings. The molecule has 1 heterocycles. The molecule has 0 aromatic heterocycles. The third kappa shape index (κ3) is 2.19. The van der Waals surface area contributed by atoms with Crippen molar-refractivity contribution in [3.8, 4) is 0 Å². The molecule has 1 aliphatic heterocycles. The summed E-state index contributed by atoms with van der Waals surface area (Å²) in [6, 6.07) is 6.66. The van der Waals surface area contributed by atoms with Gasteiger partial charge in [0, 0.05) is 0 Å². The third-order valence-corrected chi connectivity index (χ3v) is 3.60. The summed E-state index contributed by atoms with van der Waals surface area (Å²) in [7, 11) is 0. The van der Waals surface area contributed by atoms with E-state index in [4.69, 9.17) is 0 Å². The van der Waals surface area contributed by atoms with Gasteiger partial charge in [0.05, 0.1) is 0 Å². The minimum atomic E-state index is 0.746. The van der Waals surface area contributed by atoms with E-state index in [-0.39, 0.29) is 0 Å². The van der Waals surface area contributed by atoms with Gasteiger partial charge in [0.25, 0.3) is 0 Å². The molecule has 0 unspecified atom stereocenters. The maximum atomic E-state index is 3.91. The molecule has 0 saturated carbocycles. The molecule has 1 nitrogen and oxygen atoms in total. The lowest BCUT2D eigenvalue weighted by atomic mass is 9.84. The summed E-state index contributed by atoms with van der Waals surface area (Å²) >= 11 is 0. The van der Waals surface area contributed by atoms with Crippen LogP contribution in [-0.2, 0) is 6.42 Å². The van der Waals surface area contributed by atoms with E-state index >= 15 is 0 Å². The van der Waals surface area contributed by atoms with Crippen LogP contribution in [0.5, 0.6) is 0 Å². The number of hydrogen-bond acceptors (Lipinski definition) is 1. The zero-order valence-corrected chi connectivity index (χ0v) is 10.1. The van der Waals surface area contributed by atoms with Crippen LogP contribution in [0, 0.1) is 0 Å². The van der Waals surface area contributed by atoms with Gasteiger partial charge in [0.1, 0.15) is 0 Å². The van der Waals surface area contributed by atoms with Crippen LogP contribution in [0.25, 0.3) is 6.08 Å². The summed E-state index contributed by atoms with van der Waals surface area (Å²) in [5.74, 6) is 0.746. The van der Waals surface area contributed by atoms with Crippen LogP contribution in [0.15, 0.2) is 24.8 Å². The zero-order valence-electron chi connectivity index (χ0n) is 10.1. The number of benzene rings is 1. The highest BCUT2D eigenvalue weighted by atomic mass is 14.9. The fourth-order valence-corrected chi connectivity index (χ4v) is 2.74. The fourth-order valence-electron chi connectivity index (χ4n) is 2.74. The van der Waals surface area contributed by atoms with Crippen LogP contribution in [0.3, 0.4) is 0 Å². The van der Waals surface area contributed by atoms with Gasteiger partial charge in [-0.3, -0.25) is 0 Å². The van der Waals surface area contributed by atoms with Crippen molar-refractivity contribution < 1.29 is 0 Å². The Morgan fingerprint density at radius 3 is 2.75 bits per heavy atom. The Kier molecular flexibility index (Phi) is 3.79. The molecule has 0 radical (unpaired) electrons. The van der Waals surface area contributed by atoms with E-state index in [0.29, 0.717) is 0 Å². The third-order valence-electron chi connectivity index (χ3n) is 3.60. The lowest BCUT2D eigenvalue weighted by Gasteiger charge is -2.25. The van der Waals surface area contributed by atoms with Gasteiger partial charge >= 0.3 is 0 Å². The van der Waals surface area contributed by atoms with Crippen LogP contribution >= 0.6 is 0 Å². The molecule has 0 atom stereocenters. The molecule has 2 rings (SSSR count). The van der Waals surface area contributed by atoms with E-state index in [9.17, 15) is 0 Å². The molecular formula is C15H21N. The molecule has 1 N–H and O–H groups in total. The first-order valence-electron chi connectivity index (χ1n) is 6.31. The molecule has 86 valence electrons. The van der Waals surface area contributed by atoms with E-state index in [1.165, 1.54) is 24.0 Å². The molecule has 16 heavy (non-hydrogen) atoms. The number of piperidine rings is 1. The summed E-state index contributed by atoms with van der Waals surface area (Å²) in [6.07, 6.45) is 5.64. The Hall–Kier alpha value is -1.08. The van der Waals surface area contributed by atoms with E-state index in [2.05, 4.69) is 37.0 Å². The average Bonchev–Trinajstić information content (AvgIpc) is 2.38. The highest BCUT2D eigenvalue weighted by Crippen LogP contribution is 2.30. The maximum absolute atomic E-state index is 3.91. The SMILES string of the molecule is C=Cc1cccc(C2CCNCC2)c1CC. The number of nitrogens with one attached hydrogen (secondary N) is 1. The maximum Gasteiger partial charge on any atom is -0.00431 e.